The van der Waals surface area contributed by atoms with E-state index in [9.17, 15) is 61.0 Å². The van der Waals surface area contributed by atoms with E-state index in [0.717, 1.165) is 103 Å². The van der Waals surface area contributed by atoms with Gasteiger partial charge in [-0.05, 0) is 83.5 Å². The number of aliphatic hydroxyl groups is 11. The molecule has 0 bridgehead atoms. The number of allylic oxidation sites excluding steroid dienone is 17. The lowest BCUT2D eigenvalue weighted by Gasteiger charge is -2.48. The maximum absolute atomic E-state index is 13.5. The zero-order chi connectivity index (χ0) is 74.6. The van der Waals surface area contributed by atoms with Crippen molar-refractivity contribution < 1.29 is 89.4 Å². The molecule has 594 valence electrons. The largest absolute Gasteiger partial charge is 0.394 e. The summed E-state index contributed by atoms with van der Waals surface area (Å²) < 4.78 is 34.4. The number of amides is 1. The van der Waals surface area contributed by atoms with Gasteiger partial charge in [-0.2, -0.15) is 0 Å². The average molecular weight is 1460 g/mol. The van der Waals surface area contributed by atoms with Crippen molar-refractivity contribution in [1.82, 2.24) is 5.32 Å². The van der Waals surface area contributed by atoms with Crippen molar-refractivity contribution in [1.29, 1.82) is 0 Å². The molecule has 0 aromatic heterocycles. The summed E-state index contributed by atoms with van der Waals surface area (Å²) in [6, 6.07) is -0.980. The molecule has 0 radical (unpaired) electrons. The zero-order valence-electron chi connectivity index (χ0n) is 63.5. The van der Waals surface area contributed by atoms with Gasteiger partial charge in [-0.3, -0.25) is 4.79 Å². The van der Waals surface area contributed by atoms with Crippen LogP contribution >= 0.6 is 0 Å². The Hall–Kier alpha value is -3.55. The molecule has 0 aromatic rings. The topological polar surface area (TPSA) is 307 Å². The van der Waals surface area contributed by atoms with Gasteiger partial charge in [0.15, 0.2) is 18.9 Å². The van der Waals surface area contributed by atoms with Crippen LogP contribution in [0.1, 0.15) is 284 Å². The first kappa shape index (κ1) is 93.7. The first-order chi connectivity index (χ1) is 50.3. The SMILES string of the molecule is CC/C=C\C/C=C\C/C=C\C/C=C\C/C=C\C/C=C\C/C=C\C/C=C\CCCCCCCCCCCCCCCCC(=O)NC(COC1OC(CO)C(OC2OC(CO)C(OC3OC(CO)C(O)C(O)C3O)C(O)C2O)C(O)C1O)C(O)/C=C/CCCCCCCCCCCCCCCCCCC. The Morgan fingerprint density at radius 1 is 0.359 bits per heavy atom. The smallest absolute Gasteiger partial charge is 0.220 e. The van der Waals surface area contributed by atoms with Gasteiger partial charge in [-0.15, -0.1) is 0 Å². The molecule has 0 spiro atoms. The second-order valence-corrected chi connectivity index (χ2v) is 28.5. The van der Waals surface area contributed by atoms with E-state index in [0.29, 0.717) is 6.42 Å². The van der Waals surface area contributed by atoms with Crippen LogP contribution in [0.15, 0.2) is 109 Å². The minimum absolute atomic E-state index is 0.238. The Balaban J connectivity index is 1.33. The summed E-state index contributed by atoms with van der Waals surface area (Å²) in [4.78, 5) is 13.5. The molecule has 1 amide bonds. The molecule has 0 aromatic carbocycles. The van der Waals surface area contributed by atoms with Crippen LogP contribution in [0.4, 0.5) is 0 Å². The summed E-state index contributed by atoms with van der Waals surface area (Å²) in [6.45, 7) is 1.64. The van der Waals surface area contributed by atoms with Crippen LogP contribution in [0.2, 0.25) is 0 Å². The molecule has 0 aliphatic carbocycles. The number of ether oxygens (including phenoxy) is 6. The molecule has 3 heterocycles. The van der Waals surface area contributed by atoms with Crippen molar-refractivity contribution >= 4 is 5.91 Å². The minimum Gasteiger partial charge on any atom is -0.394 e. The highest BCUT2D eigenvalue weighted by molar-refractivity contribution is 5.76. The third-order valence-electron chi connectivity index (χ3n) is 19.6. The van der Waals surface area contributed by atoms with Crippen molar-refractivity contribution in [2.45, 2.75) is 388 Å². The van der Waals surface area contributed by atoms with Crippen LogP contribution < -0.4 is 5.32 Å². The quantitative estimate of drug-likeness (QED) is 0.0199. The van der Waals surface area contributed by atoms with Crippen LogP contribution in [0.25, 0.3) is 0 Å². The van der Waals surface area contributed by atoms with Crippen LogP contribution in [0, 0.1) is 0 Å². The fraction of sp³-hybridized carbons (Fsp3) is 0.774. The van der Waals surface area contributed by atoms with E-state index in [4.69, 9.17) is 28.4 Å². The van der Waals surface area contributed by atoms with Gasteiger partial charge in [0, 0.05) is 6.42 Å². The second kappa shape index (κ2) is 63.4. The van der Waals surface area contributed by atoms with Crippen molar-refractivity contribution in [3.63, 3.8) is 0 Å². The van der Waals surface area contributed by atoms with Crippen molar-refractivity contribution in [2.75, 3.05) is 26.4 Å². The number of unbranched alkanes of at least 4 members (excludes halogenated alkanes) is 31. The molecule has 3 saturated heterocycles. The average Bonchev–Trinajstić information content (AvgIpc) is 0.781. The number of carbonyl (C=O) groups is 1. The van der Waals surface area contributed by atoms with Gasteiger partial charge in [-0.1, -0.05) is 303 Å². The molecule has 17 atom stereocenters. The summed E-state index contributed by atoms with van der Waals surface area (Å²) >= 11 is 0. The standard InChI is InChI=1S/C84H145NO18/c1-3-5-7-9-11-13-15-17-19-21-23-24-25-26-27-28-29-30-31-32-33-34-35-36-37-38-39-40-41-42-44-46-48-50-52-54-56-58-60-62-72(90)85-67(68(89)61-59-57-55-53-51-49-47-45-43-22-20-18-16-14-12-10-8-6-4-2)66-98-82-78(96)75(93)80(70(64-87)100-82)103-84-79(97)76(94)81(71(65-88)101-84)102-83-77(95)74(92)73(91)69(63-86)99-83/h5,7,11,13,17,19,23-24,26-27,29-30,32-33,35-36,59,61,67-71,73-84,86-89,91-97H,3-4,6,8-10,12,14-16,18,20-22,25,28,31,34,37-58,60,62-66H2,1-2H3,(H,85,90)/b7-5-,13-11-,19-17-,24-23-,27-26-,30-29-,33-32-,36-35-,61-59+. The Morgan fingerprint density at radius 2 is 0.670 bits per heavy atom. The Morgan fingerprint density at radius 3 is 1.05 bits per heavy atom. The second-order valence-electron chi connectivity index (χ2n) is 28.5. The number of rotatable bonds is 63. The lowest BCUT2D eigenvalue weighted by Crippen LogP contribution is -2.66. The maximum Gasteiger partial charge on any atom is 0.220 e. The summed E-state index contributed by atoms with van der Waals surface area (Å²) in [7, 11) is 0. The molecule has 19 nitrogen and oxygen atoms in total. The van der Waals surface area contributed by atoms with Gasteiger partial charge in [-0.25, -0.2) is 0 Å². The van der Waals surface area contributed by atoms with E-state index in [2.05, 4.69) is 116 Å². The number of nitrogens with one attached hydrogen (secondary N) is 1. The summed E-state index contributed by atoms with van der Waals surface area (Å²) in [6.07, 6.45) is 60.7. The summed E-state index contributed by atoms with van der Waals surface area (Å²) in [5.41, 5.74) is 0. The van der Waals surface area contributed by atoms with Crippen LogP contribution in [0.5, 0.6) is 0 Å². The molecule has 0 saturated carbocycles. The van der Waals surface area contributed by atoms with E-state index < -0.39 is 124 Å². The third-order valence-corrected chi connectivity index (χ3v) is 19.6. The van der Waals surface area contributed by atoms with Gasteiger partial charge in [0.05, 0.1) is 38.6 Å². The minimum atomic E-state index is -1.98. The van der Waals surface area contributed by atoms with Gasteiger partial charge in [0.1, 0.15) is 73.2 Å². The van der Waals surface area contributed by atoms with Gasteiger partial charge >= 0.3 is 0 Å². The molecular formula is C84H145NO18. The molecular weight excluding hydrogens is 1310 g/mol. The van der Waals surface area contributed by atoms with E-state index in [1.807, 2.05) is 6.08 Å². The van der Waals surface area contributed by atoms with Crippen molar-refractivity contribution in [2.24, 2.45) is 0 Å². The summed E-state index contributed by atoms with van der Waals surface area (Å²) in [5.74, 6) is -0.277. The molecule has 3 aliphatic rings. The fourth-order valence-electron chi connectivity index (χ4n) is 13.1. The van der Waals surface area contributed by atoms with Crippen LogP contribution in [-0.4, -0.2) is 193 Å². The Kier molecular flexibility index (Phi) is 57.6. The molecule has 3 fully saturated rings. The number of hydrogen-bond donors (Lipinski definition) is 12. The van der Waals surface area contributed by atoms with Crippen molar-refractivity contribution in [3.8, 4) is 0 Å². The van der Waals surface area contributed by atoms with E-state index in [1.54, 1.807) is 6.08 Å². The highest BCUT2D eigenvalue weighted by atomic mass is 16.8. The molecule has 103 heavy (non-hydrogen) atoms. The van der Waals surface area contributed by atoms with Crippen LogP contribution in [0.3, 0.4) is 0 Å². The van der Waals surface area contributed by atoms with Crippen LogP contribution in [-0.2, 0) is 33.2 Å². The van der Waals surface area contributed by atoms with Crippen molar-refractivity contribution in [3.05, 3.63) is 109 Å². The molecule has 19 heteroatoms. The predicted octanol–water partition coefficient (Wildman–Crippen LogP) is 13.7. The monoisotopic (exact) mass is 1460 g/mol. The Bertz CT molecular complexity index is 2290. The number of aliphatic hydroxyl groups excluding tert-OH is 11. The fourth-order valence-corrected chi connectivity index (χ4v) is 13.1. The lowest BCUT2D eigenvalue weighted by atomic mass is 9.96. The zero-order valence-corrected chi connectivity index (χ0v) is 63.5. The normalized spacial score (nSPS) is 26.6. The number of carbonyl (C=O) groups excluding carboxylic acids is 1. The molecule has 3 aliphatic heterocycles. The van der Waals surface area contributed by atoms with E-state index in [-0.39, 0.29) is 18.9 Å². The van der Waals surface area contributed by atoms with Gasteiger partial charge in [0.2, 0.25) is 5.91 Å². The first-order valence-electron chi connectivity index (χ1n) is 40.6. The highest BCUT2D eigenvalue weighted by Gasteiger charge is 2.54. The van der Waals surface area contributed by atoms with E-state index >= 15 is 0 Å². The molecule has 3 rings (SSSR count). The number of hydrogen-bond acceptors (Lipinski definition) is 18. The Labute approximate surface area is 621 Å². The molecule has 12 N–H and O–H groups in total. The lowest BCUT2D eigenvalue weighted by molar-refractivity contribution is -0.379. The first-order valence-corrected chi connectivity index (χ1v) is 40.6. The summed E-state index contributed by atoms with van der Waals surface area (Å²) in [5, 5.41) is 121. The van der Waals surface area contributed by atoms with Gasteiger partial charge in [0.25, 0.3) is 0 Å². The maximum atomic E-state index is 13.5. The van der Waals surface area contributed by atoms with E-state index in [1.165, 1.54) is 154 Å². The highest BCUT2D eigenvalue weighted by Crippen LogP contribution is 2.33. The van der Waals surface area contributed by atoms with Gasteiger partial charge < -0.3 is 89.9 Å². The molecule has 17 unspecified atom stereocenters. The predicted molar refractivity (Wildman–Crippen MR) is 410 cm³/mol. The third kappa shape index (κ3) is 43.3.